The van der Waals surface area contributed by atoms with E-state index < -0.39 is 11.6 Å². The Morgan fingerprint density at radius 2 is 1.67 bits per heavy atom. The van der Waals surface area contributed by atoms with Crippen molar-refractivity contribution in [1.82, 2.24) is 20.0 Å². The number of nitrogens with zero attached hydrogens (tertiary/aromatic N) is 3. The molecule has 0 bridgehead atoms. The number of aromatic nitrogens is 2. The van der Waals surface area contributed by atoms with Gasteiger partial charge in [0.2, 0.25) is 0 Å². The SMILES string of the molecule is CC(C)COC(=O)n1nc(NC(=O)c2ccc(CN3CCCCC3)cc2)c2cc(C(=O)NC(C)(C)c3ccccc3)sc21. The summed E-state index contributed by atoms with van der Waals surface area (Å²) >= 11 is 1.12. The maximum Gasteiger partial charge on any atom is 0.436 e. The molecule has 226 valence electrons. The number of anilines is 1. The van der Waals surface area contributed by atoms with Gasteiger partial charge in [-0.2, -0.15) is 4.68 Å². The van der Waals surface area contributed by atoms with Crippen LogP contribution >= 0.6 is 11.3 Å². The number of hydrogen-bond donors (Lipinski definition) is 2. The highest BCUT2D eigenvalue weighted by Crippen LogP contribution is 2.33. The van der Waals surface area contributed by atoms with Gasteiger partial charge in [0, 0.05) is 12.1 Å². The van der Waals surface area contributed by atoms with Crippen molar-refractivity contribution in [3.8, 4) is 0 Å². The zero-order valence-electron chi connectivity index (χ0n) is 25.2. The molecule has 10 heteroatoms. The molecule has 1 saturated heterocycles. The maximum absolute atomic E-state index is 13.4. The van der Waals surface area contributed by atoms with Crippen LogP contribution in [0.15, 0.2) is 60.7 Å². The third-order valence-corrected chi connectivity index (χ3v) is 8.63. The van der Waals surface area contributed by atoms with Gasteiger partial charge in [-0.25, -0.2) is 4.79 Å². The standard InChI is InChI=1S/C33H39N5O4S/c1-22(2)21-42-32(41)38-31-26(19-27(43-31)30(40)35-33(3,4)25-11-7-5-8-12-25)28(36-38)34-29(39)24-15-13-23(14-16-24)20-37-17-9-6-10-18-37/h5,7-8,11-16,19,22H,6,9-10,17-18,20-21H2,1-4H3,(H,35,40)(H,34,36,39). The molecule has 1 fully saturated rings. The highest BCUT2D eigenvalue weighted by Gasteiger charge is 2.27. The number of rotatable bonds is 9. The molecule has 2 aromatic carbocycles. The number of piperidine rings is 1. The van der Waals surface area contributed by atoms with E-state index in [9.17, 15) is 14.4 Å². The topological polar surface area (TPSA) is 106 Å². The van der Waals surface area contributed by atoms with Crippen molar-refractivity contribution in [3.63, 3.8) is 0 Å². The van der Waals surface area contributed by atoms with E-state index in [-0.39, 0.29) is 30.2 Å². The zero-order valence-corrected chi connectivity index (χ0v) is 26.0. The van der Waals surface area contributed by atoms with E-state index in [1.165, 1.54) is 19.3 Å². The van der Waals surface area contributed by atoms with Gasteiger partial charge in [0.25, 0.3) is 11.8 Å². The first kappa shape index (κ1) is 30.4. The van der Waals surface area contributed by atoms with Crippen molar-refractivity contribution >= 4 is 45.3 Å². The minimum absolute atomic E-state index is 0.136. The molecule has 9 nitrogen and oxygen atoms in total. The number of ether oxygens (including phenoxy) is 1. The van der Waals surface area contributed by atoms with E-state index in [0.717, 1.165) is 46.8 Å². The number of nitrogens with one attached hydrogen (secondary N) is 2. The van der Waals surface area contributed by atoms with Crippen molar-refractivity contribution in [2.45, 2.75) is 59.0 Å². The lowest BCUT2D eigenvalue weighted by molar-refractivity contribution is 0.0915. The summed E-state index contributed by atoms with van der Waals surface area (Å²) in [5.41, 5.74) is 1.96. The lowest BCUT2D eigenvalue weighted by Gasteiger charge is -2.26. The van der Waals surface area contributed by atoms with Crippen LogP contribution in [0.5, 0.6) is 0 Å². The van der Waals surface area contributed by atoms with Crippen molar-refractivity contribution < 1.29 is 19.1 Å². The number of hydrogen-bond acceptors (Lipinski definition) is 7. The van der Waals surface area contributed by atoms with Crippen LogP contribution in [0.3, 0.4) is 0 Å². The molecule has 2 amide bonds. The maximum atomic E-state index is 13.4. The van der Waals surface area contributed by atoms with Crippen LogP contribution in [0, 0.1) is 5.92 Å². The fourth-order valence-corrected chi connectivity index (χ4v) is 6.12. The van der Waals surface area contributed by atoms with Gasteiger partial charge < -0.3 is 15.4 Å². The first-order valence-corrected chi connectivity index (χ1v) is 15.6. The quantitative estimate of drug-likeness (QED) is 0.223. The Morgan fingerprint density at radius 3 is 2.35 bits per heavy atom. The van der Waals surface area contributed by atoms with Crippen LogP contribution in [0.25, 0.3) is 10.2 Å². The minimum atomic E-state index is -0.667. The van der Waals surface area contributed by atoms with E-state index in [0.29, 0.717) is 20.7 Å². The highest BCUT2D eigenvalue weighted by molar-refractivity contribution is 7.20. The second kappa shape index (κ2) is 13.1. The van der Waals surface area contributed by atoms with Gasteiger partial charge in [-0.1, -0.05) is 62.7 Å². The van der Waals surface area contributed by atoms with Crippen molar-refractivity contribution in [3.05, 3.63) is 82.2 Å². The minimum Gasteiger partial charge on any atom is -0.448 e. The second-order valence-corrected chi connectivity index (χ2v) is 13.0. The number of amides is 2. The van der Waals surface area contributed by atoms with Crippen molar-refractivity contribution in [2.75, 3.05) is 25.0 Å². The fourth-order valence-electron chi connectivity index (χ4n) is 5.12. The van der Waals surface area contributed by atoms with Crippen LogP contribution < -0.4 is 10.6 Å². The number of carbonyl (C=O) groups is 3. The molecule has 2 aromatic heterocycles. The Balaban J connectivity index is 1.38. The molecule has 0 aliphatic carbocycles. The lowest BCUT2D eigenvalue weighted by Crippen LogP contribution is -2.40. The van der Waals surface area contributed by atoms with Crippen LogP contribution in [0.2, 0.25) is 0 Å². The number of carbonyl (C=O) groups excluding carboxylic acids is 3. The molecule has 1 aliphatic heterocycles. The predicted octanol–water partition coefficient (Wildman–Crippen LogP) is 6.64. The number of thiophene rings is 1. The van der Waals surface area contributed by atoms with Gasteiger partial charge in [-0.15, -0.1) is 16.4 Å². The first-order chi connectivity index (χ1) is 20.6. The lowest BCUT2D eigenvalue weighted by atomic mass is 9.94. The third-order valence-electron chi connectivity index (χ3n) is 7.52. The van der Waals surface area contributed by atoms with E-state index in [4.69, 9.17) is 4.74 Å². The number of likely N-dealkylation sites (tertiary alicyclic amines) is 1. The first-order valence-electron chi connectivity index (χ1n) is 14.8. The van der Waals surface area contributed by atoms with Gasteiger partial charge in [0.05, 0.1) is 22.4 Å². The summed E-state index contributed by atoms with van der Waals surface area (Å²) in [6, 6.07) is 18.9. The summed E-state index contributed by atoms with van der Waals surface area (Å²) < 4.78 is 6.56. The Bertz CT molecular complexity index is 1580. The molecule has 0 spiro atoms. The van der Waals surface area contributed by atoms with Gasteiger partial charge in [-0.3, -0.25) is 14.5 Å². The molecule has 5 rings (SSSR count). The molecule has 0 unspecified atom stereocenters. The molecule has 3 heterocycles. The van der Waals surface area contributed by atoms with Crippen LogP contribution in [0.4, 0.5) is 10.6 Å². The van der Waals surface area contributed by atoms with Gasteiger partial charge in [0.1, 0.15) is 4.83 Å². The van der Waals surface area contributed by atoms with E-state index in [1.807, 2.05) is 70.2 Å². The van der Waals surface area contributed by atoms with Gasteiger partial charge in [-0.05, 0) is 75.0 Å². The van der Waals surface area contributed by atoms with Crippen LogP contribution in [0.1, 0.15) is 78.1 Å². The summed E-state index contributed by atoms with van der Waals surface area (Å²) in [4.78, 5) is 42.9. The molecule has 0 saturated carbocycles. The normalized spacial score (nSPS) is 14.2. The molecule has 1 aliphatic rings. The average Bonchev–Trinajstić information content (AvgIpc) is 3.58. The summed E-state index contributed by atoms with van der Waals surface area (Å²) in [5, 5.41) is 10.8. The van der Waals surface area contributed by atoms with E-state index in [2.05, 4.69) is 20.6 Å². The number of benzene rings is 2. The van der Waals surface area contributed by atoms with Crippen LogP contribution in [-0.2, 0) is 16.8 Å². The highest BCUT2D eigenvalue weighted by atomic mass is 32.1. The molecule has 43 heavy (non-hydrogen) atoms. The largest absolute Gasteiger partial charge is 0.448 e. The summed E-state index contributed by atoms with van der Waals surface area (Å²) in [5.74, 6) is -0.318. The van der Waals surface area contributed by atoms with Crippen LogP contribution in [-0.4, -0.2) is 52.3 Å². The zero-order chi connectivity index (χ0) is 30.6. The van der Waals surface area contributed by atoms with Gasteiger partial charge in [0.15, 0.2) is 5.82 Å². The fraction of sp³-hybridized carbons (Fsp3) is 0.394. The Labute approximate surface area is 256 Å². The second-order valence-electron chi connectivity index (χ2n) is 12.0. The molecule has 2 N–H and O–H groups in total. The van der Waals surface area contributed by atoms with Gasteiger partial charge >= 0.3 is 6.09 Å². The predicted molar refractivity (Wildman–Crippen MR) is 170 cm³/mol. The summed E-state index contributed by atoms with van der Waals surface area (Å²) in [6.45, 7) is 11.0. The van der Waals surface area contributed by atoms with Crippen molar-refractivity contribution in [2.24, 2.45) is 5.92 Å². The van der Waals surface area contributed by atoms with E-state index in [1.54, 1.807) is 18.2 Å². The molecular weight excluding hydrogens is 562 g/mol. The number of fused-ring (bicyclic) bond motifs is 1. The molecular formula is C33H39N5O4S. The summed E-state index contributed by atoms with van der Waals surface area (Å²) in [6.07, 6.45) is 3.07. The monoisotopic (exact) mass is 601 g/mol. The average molecular weight is 602 g/mol. The third kappa shape index (κ3) is 7.32. The Kier molecular flexibility index (Phi) is 9.27. The molecule has 0 radical (unpaired) electrons. The van der Waals surface area contributed by atoms with Crippen molar-refractivity contribution in [1.29, 1.82) is 0 Å². The van der Waals surface area contributed by atoms with E-state index >= 15 is 0 Å². The Hall–Kier alpha value is -4.02. The molecule has 4 aromatic rings. The Morgan fingerprint density at radius 1 is 0.977 bits per heavy atom. The smallest absolute Gasteiger partial charge is 0.436 e. The molecule has 0 atom stereocenters. The summed E-state index contributed by atoms with van der Waals surface area (Å²) in [7, 11) is 0.